The third kappa shape index (κ3) is 6.55. The fraction of sp³-hybridized carbons (Fsp3) is 0.609. The van der Waals surface area contributed by atoms with Crippen molar-refractivity contribution >= 4 is 5.96 Å². The fourth-order valence-corrected chi connectivity index (χ4v) is 3.76. The van der Waals surface area contributed by atoms with Crippen LogP contribution in [0.3, 0.4) is 0 Å². The maximum atomic E-state index is 5.31. The molecule has 30 heavy (non-hydrogen) atoms. The molecule has 2 N–H and O–H groups in total. The Labute approximate surface area is 180 Å². The molecule has 3 rings (SSSR count). The fourth-order valence-electron chi connectivity index (χ4n) is 3.76. The third-order valence-corrected chi connectivity index (χ3v) is 5.47. The first-order valence-corrected chi connectivity index (χ1v) is 11.4. The second-order valence-corrected chi connectivity index (χ2v) is 7.84. The molecule has 164 valence electrons. The van der Waals surface area contributed by atoms with E-state index in [0.29, 0.717) is 11.9 Å². The van der Waals surface area contributed by atoms with E-state index >= 15 is 0 Å². The average Bonchev–Trinajstić information content (AvgIpc) is 3.25. The molecule has 0 aliphatic carbocycles. The molecule has 0 bridgehead atoms. The molecular formula is C23H36N6O. The monoisotopic (exact) mass is 412 g/mol. The van der Waals surface area contributed by atoms with Gasteiger partial charge >= 0.3 is 0 Å². The normalized spacial score (nSPS) is 16.0. The van der Waals surface area contributed by atoms with E-state index in [2.05, 4.69) is 51.7 Å². The van der Waals surface area contributed by atoms with Crippen molar-refractivity contribution in [3.8, 4) is 11.5 Å². The quantitative estimate of drug-likeness (QED) is 0.486. The molecule has 1 aromatic carbocycles. The average molecular weight is 413 g/mol. The predicted octanol–water partition coefficient (Wildman–Crippen LogP) is 3.27. The van der Waals surface area contributed by atoms with E-state index in [0.717, 1.165) is 43.3 Å². The molecule has 0 amide bonds. The summed E-state index contributed by atoms with van der Waals surface area (Å²) in [4.78, 5) is 11.7. The molecule has 1 aromatic heterocycles. The van der Waals surface area contributed by atoms with Gasteiger partial charge in [-0.25, -0.2) is 0 Å². The van der Waals surface area contributed by atoms with Crippen LogP contribution in [0, 0.1) is 0 Å². The first-order chi connectivity index (χ1) is 14.7. The standard InChI is InChI=1S/C23H36N6O/c1-4-15-29-16-12-20(13-17-29)26-23(24-6-3)25-14-11-18-7-9-19(10-8-18)22-27-21(5-2)28-30-22/h7-10,20H,4-6,11-17H2,1-3H3,(H2,24,25,26). The van der Waals surface area contributed by atoms with Gasteiger partial charge in [-0.1, -0.05) is 31.1 Å². The Morgan fingerprint density at radius 1 is 1.17 bits per heavy atom. The predicted molar refractivity (Wildman–Crippen MR) is 122 cm³/mol. The van der Waals surface area contributed by atoms with E-state index in [1.165, 1.54) is 44.5 Å². The summed E-state index contributed by atoms with van der Waals surface area (Å²) >= 11 is 0. The van der Waals surface area contributed by atoms with Crippen LogP contribution < -0.4 is 10.6 Å². The van der Waals surface area contributed by atoms with Crippen LogP contribution in [-0.2, 0) is 12.8 Å². The number of nitrogens with one attached hydrogen (secondary N) is 2. The van der Waals surface area contributed by atoms with Gasteiger partial charge in [-0.15, -0.1) is 0 Å². The zero-order valence-corrected chi connectivity index (χ0v) is 18.7. The maximum Gasteiger partial charge on any atom is 0.257 e. The minimum atomic E-state index is 0.512. The molecular weight excluding hydrogens is 376 g/mol. The van der Waals surface area contributed by atoms with E-state index < -0.39 is 0 Å². The molecule has 0 spiro atoms. The summed E-state index contributed by atoms with van der Waals surface area (Å²) in [6, 6.07) is 8.83. The Bertz CT molecular complexity index is 777. The van der Waals surface area contributed by atoms with Crippen LogP contribution in [0.2, 0.25) is 0 Å². The van der Waals surface area contributed by atoms with Crippen LogP contribution in [0.15, 0.2) is 33.8 Å². The largest absolute Gasteiger partial charge is 0.357 e. The van der Waals surface area contributed by atoms with Crippen molar-refractivity contribution < 1.29 is 4.52 Å². The van der Waals surface area contributed by atoms with Gasteiger partial charge in [0.1, 0.15) is 0 Å². The van der Waals surface area contributed by atoms with Crippen molar-refractivity contribution in [3.05, 3.63) is 35.7 Å². The smallest absolute Gasteiger partial charge is 0.257 e. The first kappa shape index (κ1) is 22.3. The van der Waals surface area contributed by atoms with Crippen LogP contribution in [0.5, 0.6) is 0 Å². The molecule has 1 fully saturated rings. The summed E-state index contributed by atoms with van der Waals surface area (Å²) < 4.78 is 5.31. The maximum absolute atomic E-state index is 5.31. The van der Waals surface area contributed by atoms with Gasteiger partial charge in [-0.2, -0.15) is 4.98 Å². The van der Waals surface area contributed by atoms with Gasteiger partial charge in [0.15, 0.2) is 11.8 Å². The molecule has 1 aliphatic rings. The highest BCUT2D eigenvalue weighted by Gasteiger charge is 2.19. The van der Waals surface area contributed by atoms with Gasteiger partial charge in [0, 0.05) is 44.2 Å². The topological polar surface area (TPSA) is 78.6 Å². The summed E-state index contributed by atoms with van der Waals surface area (Å²) in [5.41, 5.74) is 2.21. The lowest BCUT2D eigenvalue weighted by molar-refractivity contribution is 0.206. The number of hydrogen-bond acceptors (Lipinski definition) is 5. The number of hydrogen-bond donors (Lipinski definition) is 2. The molecule has 7 heteroatoms. The molecule has 0 atom stereocenters. The third-order valence-electron chi connectivity index (χ3n) is 5.47. The van der Waals surface area contributed by atoms with E-state index in [1.807, 2.05) is 19.1 Å². The molecule has 0 unspecified atom stereocenters. The van der Waals surface area contributed by atoms with E-state index in [1.54, 1.807) is 0 Å². The highest BCUT2D eigenvalue weighted by Crippen LogP contribution is 2.18. The Balaban J connectivity index is 1.49. The molecule has 2 aromatic rings. The van der Waals surface area contributed by atoms with Gasteiger partial charge in [0.2, 0.25) is 0 Å². The van der Waals surface area contributed by atoms with E-state index in [9.17, 15) is 0 Å². The number of piperidine rings is 1. The number of rotatable bonds is 9. The van der Waals surface area contributed by atoms with Gasteiger partial charge in [-0.05, 0) is 56.8 Å². The van der Waals surface area contributed by atoms with Gasteiger partial charge < -0.3 is 20.1 Å². The van der Waals surface area contributed by atoms with Crippen LogP contribution in [-0.4, -0.2) is 59.8 Å². The number of likely N-dealkylation sites (tertiary alicyclic amines) is 1. The lowest BCUT2D eigenvalue weighted by atomic mass is 10.1. The summed E-state index contributed by atoms with van der Waals surface area (Å²) in [6.45, 7) is 11.6. The number of aryl methyl sites for hydroxylation is 1. The Hall–Kier alpha value is -2.41. The Morgan fingerprint density at radius 3 is 2.57 bits per heavy atom. The number of aromatic nitrogens is 2. The minimum absolute atomic E-state index is 0.512. The molecule has 7 nitrogen and oxygen atoms in total. The van der Waals surface area contributed by atoms with Crippen LogP contribution in [0.25, 0.3) is 11.5 Å². The minimum Gasteiger partial charge on any atom is -0.357 e. The van der Waals surface area contributed by atoms with Crippen LogP contribution >= 0.6 is 0 Å². The van der Waals surface area contributed by atoms with Gasteiger partial charge in [0.25, 0.3) is 5.89 Å². The van der Waals surface area contributed by atoms with E-state index in [-0.39, 0.29) is 0 Å². The zero-order valence-electron chi connectivity index (χ0n) is 18.7. The molecule has 1 saturated heterocycles. The van der Waals surface area contributed by atoms with Crippen molar-refractivity contribution in [1.29, 1.82) is 0 Å². The van der Waals surface area contributed by atoms with Crippen molar-refractivity contribution in [2.45, 2.75) is 58.9 Å². The van der Waals surface area contributed by atoms with Gasteiger partial charge in [0.05, 0.1) is 0 Å². The summed E-state index contributed by atoms with van der Waals surface area (Å²) in [5.74, 6) is 2.25. The second kappa shape index (κ2) is 11.7. The number of benzene rings is 1. The lowest BCUT2D eigenvalue weighted by Gasteiger charge is -2.32. The second-order valence-electron chi connectivity index (χ2n) is 7.84. The van der Waals surface area contributed by atoms with Crippen molar-refractivity contribution in [1.82, 2.24) is 25.7 Å². The lowest BCUT2D eigenvalue weighted by Crippen LogP contribution is -2.48. The van der Waals surface area contributed by atoms with Crippen molar-refractivity contribution in [3.63, 3.8) is 0 Å². The summed E-state index contributed by atoms with van der Waals surface area (Å²) in [7, 11) is 0. The molecule has 0 radical (unpaired) electrons. The Kier molecular flexibility index (Phi) is 8.68. The highest BCUT2D eigenvalue weighted by atomic mass is 16.5. The molecule has 1 aliphatic heterocycles. The number of nitrogens with zero attached hydrogens (tertiary/aromatic N) is 4. The van der Waals surface area contributed by atoms with Crippen molar-refractivity contribution in [2.75, 3.05) is 32.7 Å². The SMILES string of the molecule is CCCN1CCC(NC(=NCCc2ccc(-c3nc(CC)no3)cc2)NCC)CC1. The zero-order chi connectivity index (χ0) is 21.2. The van der Waals surface area contributed by atoms with Gasteiger partial charge in [-0.3, -0.25) is 4.99 Å². The highest BCUT2D eigenvalue weighted by molar-refractivity contribution is 5.80. The van der Waals surface area contributed by atoms with Crippen LogP contribution in [0.4, 0.5) is 0 Å². The van der Waals surface area contributed by atoms with Crippen LogP contribution in [0.1, 0.15) is 51.4 Å². The Morgan fingerprint density at radius 2 is 1.93 bits per heavy atom. The number of aliphatic imine (C=N–C) groups is 1. The summed E-state index contributed by atoms with van der Waals surface area (Å²) in [6.07, 6.45) is 5.27. The van der Waals surface area contributed by atoms with E-state index in [4.69, 9.17) is 9.52 Å². The summed E-state index contributed by atoms with van der Waals surface area (Å²) in [5, 5.41) is 11.0. The first-order valence-electron chi connectivity index (χ1n) is 11.4. The van der Waals surface area contributed by atoms with Crippen molar-refractivity contribution in [2.24, 2.45) is 4.99 Å². The molecule has 2 heterocycles. The molecule has 0 saturated carbocycles. The number of guanidine groups is 1.